The summed E-state index contributed by atoms with van der Waals surface area (Å²) in [5.41, 5.74) is 1.71. The van der Waals surface area contributed by atoms with Gasteiger partial charge in [-0.15, -0.1) is 0 Å². The van der Waals surface area contributed by atoms with E-state index in [1.807, 2.05) is 30.3 Å². The molecule has 25 heavy (non-hydrogen) atoms. The minimum Gasteiger partial charge on any atom is -0.481 e. The van der Waals surface area contributed by atoms with Gasteiger partial charge in [0.1, 0.15) is 0 Å². The number of benzene rings is 1. The van der Waals surface area contributed by atoms with E-state index in [2.05, 4.69) is 10.3 Å². The second-order valence-electron chi connectivity index (χ2n) is 5.46. The van der Waals surface area contributed by atoms with Crippen LogP contribution in [0.15, 0.2) is 48.7 Å². The number of hydrogen-bond acceptors (Lipinski definition) is 4. The number of pyridine rings is 1. The lowest BCUT2D eigenvalue weighted by Crippen LogP contribution is -2.33. The number of ether oxygens (including phenoxy) is 1. The molecule has 2 rings (SSSR count). The van der Waals surface area contributed by atoms with Crippen LogP contribution in [-0.2, 0) is 11.2 Å². The van der Waals surface area contributed by atoms with Gasteiger partial charge in [0.2, 0.25) is 5.88 Å². The minimum absolute atomic E-state index is 0.101. The Morgan fingerprint density at radius 1 is 1.20 bits per heavy atom. The zero-order chi connectivity index (χ0) is 18.1. The molecule has 0 saturated carbocycles. The van der Waals surface area contributed by atoms with Crippen LogP contribution < -0.4 is 10.1 Å². The average molecular weight is 343 g/mol. The van der Waals surface area contributed by atoms with Crippen molar-refractivity contribution in [1.82, 2.24) is 9.88 Å². The lowest BCUT2D eigenvalue weighted by molar-refractivity contribution is -0.137. The van der Waals surface area contributed by atoms with E-state index in [0.29, 0.717) is 18.2 Å². The maximum atomic E-state index is 11.9. The molecule has 1 aromatic heterocycles. The molecule has 7 heteroatoms. The number of hydrogen-bond donors (Lipinski definition) is 2. The van der Waals surface area contributed by atoms with Crippen molar-refractivity contribution in [2.24, 2.45) is 0 Å². The zero-order valence-electron chi connectivity index (χ0n) is 14.0. The predicted molar refractivity (Wildman–Crippen MR) is 93.8 cm³/mol. The van der Waals surface area contributed by atoms with Gasteiger partial charge in [0.25, 0.3) is 0 Å². The highest BCUT2D eigenvalue weighted by Crippen LogP contribution is 2.12. The van der Waals surface area contributed by atoms with Gasteiger partial charge < -0.3 is 20.1 Å². The SMILES string of the molecule is CN(CCC(=O)O)C(=O)Nc1ccc(OCCc2ccccc2)nc1. The first-order valence-electron chi connectivity index (χ1n) is 7.91. The summed E-state index contributed by atoms with van der Waals surface area (Å²) in [5, 5.41) is 11.3. The number of carboxylic acids is 1. The summed E-state index contributed by atoms with van der Waals surface area (Å²) < 4.78 is 5.58. The van der Waals surface area contributed by atoms with Gasteiger partial charge in [-0.1, -0.05) is 30.3 Å². The van der Waals surface area contributed by atoms with E-state index in [9.17, 15) is 9.59 Å². The Kier molecular flexibility index (Phi) is 6.76. The second kappa shape index (κ2) is 9.27. The molecule has 0 aliphatic carbocycles. The predicted octanol–water partition coefficient (Wildman–Crippen LogP) is 2.64. The molecule has 2 amide bonds. The molecule has 0 fully saturated rings. The number of anilines is 1. The molecule has 0 radical (unpaired) electrons. The lowest BCUT2D eigenvalue weighted by atomic mass is 10.2. The third-order valence-corrected chi connectivity index (χ3v) is 3.48. The number of amides is 2. The van der Waals surface area contributed by atoms with Crippen LogP contribution in [0.5, 0.6) is 5.88 Å². The van der Waals surface area contributed by atoms with Crippen LogP contribution >= 0.6 is 0 Å². The number of carbonyl (C=O) groups is 2. The number of nitrogens with zero attached hydrogens (tertiary/aromatic N) is 2. The van der Waals surface area contributed by atoms with Crippen LogP contribution in [0.4, 0.5) is 10.5 Å². The van der Waals surface area contributed by atoms with Crippen LogP contribution in [0, 0.1) is 0 Å². The van der Waals surface area contributed by atoms with Gasteiger partial charge in [-0.3, -0.25) is 4.79 Å². The van der Waals surface area contributed by atoms with Crippen molar-refractivity contribution in [3.63, 3.8) is 0 Å². The largest absolute Gasteiger partial charge is 0.481 e. The Bertz CT molecular complexity index is 689. The third kappa shape index (κ3) is 6.50. The summed E-state index contributed by atoms with van der Waals surface area (Å²) >= 11 is 0. The molecule has 0 aliphatic rings. The lowest BCUT2D eigenvalue weighted by Gasteiger charge is -2.16. The van der Waals surface area contributed by atoms with Crippen molar-refractivity contribution in [1.29, 1.82) is 0 Å². The Balaban J connectivity index is 1.77. The first-order chi connectivity index (χ1) is 12.0. The van der Waals surface area contributed by atoms with Gasteiger partial charge in [0.15, 0.2) is 0 Å². The Hall–Kier alpha value is -3.09. The van der Waals surface area contributed by atoms with Gasteiger partial charge in [-0.25, -0.2) is 9.78 Å². The first-order valence-corrected chi connectivity index (χ1v) is 7.91. The Morgan fingerprint density at radius 3 is 2.60 bits per heavy atom. The Labute approximate surface area is 146 Å². The molecule has 1 aromatic carbocycles. The van der Waals surface area contributed by atoms with Crippen LogP contribution in [0.3, 0.4) is 0 Å². The van der Waals surface area contributed by atoms with Gasteiger partial charge in [0.05, 0.1) is 24.9 Å². The van der Waals surface area contributed by atoms with Gasteiger partial charge in [-0.05, 0) is 11.6 Å². The highest BCUT2D eigenvalue weighted by atomic mass is 16.5. The fourth-order valence-corrected chi connectivity index (χ4v) is 2.04. The third-order valence-electron chi connectivity index (χ3n) is 3.48. The fraction of sp³-hybridized carbons (Fsp3) is 0.278. The van der Waals surface area contributed by atoms with Crippen molar-refractivity contribution < 1.29 is 19.4 Å². The van der Waals surface area contributed by atoms with Crippen molar-refractivity contribution in [2.45, 2.75) is 12.8 Å². The monoisotopic (exact) mass is 343 g/mol. The normalized spacial score (nSPS) is 10.1. The van der Waals surface area contributed by atoms with E-state index < -0.39 is 5.97 Å². The molecule has 0 spiro atoms. The highest BCUT2D eigenvalue weighted by Gasteiger charge is 2.10. The number of carboxylic acid groups (broad SMARTS) is 1. The standard InChI is InChI=1S/C18H21N3O4/c1-21(11-9-17(22)23)18(24)20-15-7-8-16(19-13-15)25-12-10-14-5-3-2-4-6-14/h2-8,13H,9-12H2,1H3,(H,20,24)(H,22,23). The summed E-state index contributed by atoms with van der Waals surface area (Å²) in [6, 6.07) is 13.0. The smallest absolute Gasteiger partial charge is 0.321 e. The maximum Gasteiger partial charge on any atom is 0.321 e. The molecule has 2 aromatic rings. The van der Waals surface area contributed by atoms with E-state index in [1.54, 1.807) is 12.1 Å². The quantitative estimate of drug-likeness (QED) is 0.769. The first kappa shape index (κ1) is 18.3. The summed E-state index contributed by atoms with van der Waals surface area (Å²) in [6.45, 7) is 0.649. The van der Waals surface area contributed by atoms with Crippen LogP contribution in [0.2, 0.25) is 0 Å². The molecule has 0 saturated heterocycles. The molecule has 2 N–H and O–H groups in total. The number of carbonyl (C=O) groups excluding carboxylic acids is 1. The highest BCUT2D eigenvalue weighted by molar-refractivity contribution is 5.89. The Morgan fingerprint density at radius 2 is 1.96 bits per heavy atom. The van der Waals surface area contributed by atoms with Gasteiger partial charge in [-0.2, -0.15) is 0 Å². The average Bonchev–Trinajstić information content (AvgIpc) is 2.62. The molecule has 132 valence electrons. The second-order valence-corrected chi connectivity index (χ2v) is 5.46. The molecule has 0 bridgehead atoms. The molecular formula is C18H21N3O4. The maximum absolute atomic E-state index is 11.9. The zero-order valence-corrected chi connectivity index (χ0v) is 14.0. The topological polar surface area (TPSA) is 91.8 Å². The molecule has 0 unspecified atom stereocenters. The van der Waals surface area contributed by atoms with E-state index in [0.717, 1.165) is 6.42 Å². The summed E-state index contributed by atoms with van der Waals surface area (Å²) in [6.07, 6.45) is 2.19. The van der Waals surface area contributed by atoms with Crippen molar-refractivity contribution in [2.75, 3.05) is 25.5 Å². The number of aromatic nitrogens is 1. The van der Waals surface area contributed by atoms with Gasteiger partial charge in [0, 0.05) is 26.1 Å². The number of aliphatic carboxylic acids is 1. The van der Waals surface area contributed by atoms with E-state index >= 15 is 0 Å². The molecule has 1 heterocycles. The van der Waals surface area contributed by atoms with Crippen molar-refractivity contribution in [3.8, 4) is 5.88 Å². The van der Waals surface area contributed by atoms with E-state index in [-0.39, 0.29) is 19.0 Å². The number of urea groups is 1. The van der Waals surface area contributed by atoms with Gasteiger partial charge >= 0.3 is 12.0 Å². The molecule has 7 nitrogen and oxygen atoms in total. The molecule has 0 aliphatic heterocycles. The van der Waals surface area contributed by atoms with Crippen LogP contribution in [0.25, 0.3) is 0 Å². The van der Waals surface area contributed by atoms with Crippen LogP contribution in [0.1, 0.15) is 12.0 Å². The van der Waals surface area contributed by atoms with E-state index in [4.69, 9.17) is 9.84 Å². The van der Waals surface area contributed by atoms with Crippen LogP contribution in [-0.4, -0.2) is 47.2 Å². The fourth-order valence-electron chi connectivity index (χ4n) is 2.04. The molecule has 0 atom stereocenters. The summed E-state index contributed by atoms with van der Waals surface area (Å²) in [5.74, 6) is -0.466. The van der Waals surface area contributed by atoms with Crippen molar-refractivity contribution >= 4 is 17.7 Å². The number of nitrogens with one attached hydrogen (secondary N) is 1. The van der Waals surface area contributed by atoms with Crippen molar-refractivity contribution in [3.05, 3.63) is 54.2 Å². The molecular weight excluding hydrogens is 322 g/mol. The number of rotatable bonds is 8. The minimum atomic E-state index is -0.946. The van der Waals surface area contributed by atoms with E-state index in [1.165, 1.54) is 23.7 Å². The summed E-state index contributed by atoms with van der Waals surface area (Å²) in [7, 11) is 1.53. The summed E-state index contributed by atoms with van der Waals surface area (Å²) in [4.78, 5) is 27.9.